The van der Waals surface area contributed by atoms with Crippen LogP contribution < -0.4 is 4.90 Å². The molecule has 2 heterocycles. The minimum absolute atomic E-state index is 0.278. The number of benzene rings is 1. The fourth-order valence-corrected chi connectivity index (χ4v) is 2.58. The Morgan fingerprint density at radius 2 is 2.10 bits per heavy atom. The van der Waals surface area contributed by atoms with Crippen molar-refractivity contribution in [2.45, 2.75) is 6.92 Å². The number of piperazine rings is 1. The van der Waals surface area contributed by atoms with Gasteiger partial charge in [0.15, 0.2) is 0 Å². The third kappa shape index (κ3) is 2.66. The molecule has 1 saturated heterocycles. The van der Waals surface area contributed by atoms with E-state index in [9.17, 15) is 9.18 Å². The molecular formula is C15H17FN2O3. The first-order valence-corrected chi connectivity index (χ1v) is 7.02. The third-order valence-electron chi connectivity index (χ3n) is 3.66. The van der Waals surface area contributed by atoms with Crippen LogP contribution in [0.3, 0.4) is 0 Å². The number of halogens is 1. The standard InChI is InChI=1S/C15H17FN2O3/c1-2-20-15(19)18-7-5-17(6-8-18)13-10-21-14-4-3-11(16)9-12(13)14/h3-4,9-10H,2,5-8H2,1H3. The molecule has 1 amide bonds. The Balaban J connectivity index is 1.74. The fourth-order valence-electron chi connectivity index (χ4n) is 2.58. The van der Waals surface area contributed by atoms with Gasteiger partial charge >= 0.3 is 6.09 Å². The summed E-state index contributed by atoms with van der Waals surface area (Å²) in [6, 6.07) is 4.49. The van der Waals surface area contributed by atoms with E-state index >= 15 is 0 Å². The lowest BCUT2D eigenvalue weighted by Crippen LogP contribution is -2.48. The van der Waals surface area contributed by atoms with Gasteiger partial charge in [-0.2, -0.15) is 0 Å². The SMILES string of the molecule is CCOC(=O)N1CCN(c2coc3ccc(F)cc23)CC1. The molecule has 6 heteroatoms. The molecule has 0 N–H and O–H groups in total. The van der Waals surface area contributed by atoms with Crippen LogP contribution in [0.1, 0.15) is 6.92 Å². The lowest BCUT2D eigenvalue weighted by Gasteiger charge is -2.34. The summed E-state index contributed by atoms with van der Waals surface area (Å²) < 4.78 is 23.8. The van der Waals surface area contributed by atoms with E-state index in [0.29, 0.717) is 38.4 Å². The molecule has 1 fully saturated rings. The molecule has 1 aromatic heterocycles. The first kappa shape index (κ1) is 13.7. The Hall–Kier alpha value is -2.24. The topological polar surface area (TPSA) is 45.9 Å². The molecule has 1 aliphatic heterocycles. The average molecular weight is 292 g/mol. The normalized spacial score (nSPS) is 15.5. The zero-order valence-corrected chi connectivity index (χ0v) is 11.8. The van der Waals surface area contributed by atoms with Crippen molar-refractivity contribution < 1.29 is 18.3 Å². The van der Waals surface area contributed by atoms with Crippen molar-refractivity contribution in [3.8, 4) is 0 Å². The predicted octanol–water partition coefficient (Wildman–Crippen LogP) is 2.85. The summed E-state index contributed by atoms with van der Waals surface area (Å²) in [6.07, 6.45) is 1.37. The Kier molecular flexibility index (Phi) is 3.68. The van der Waals surface area contributed by atoms with E-state index in [4.69, 9.17) is 9.15 Å². The maximum absolute atomic E-state index is 13.4. The molecule has 0 bridgehead atoms. The number of hydrogen-bond acceptors (Lipinski definition) is 4. The maximum atomic E-state index is 13.4. The van der Waals surface area contributed by atoms with E-state index in [0.717, 1.165) is 11.1 Å². The van der Waals surface area contributed by atoms with Gasteiger partial charge in [0.25, 0.3) is 0 Å². The van der Waals surface area contributed by atoms with Crippen molar-refractivity contribution in [1.29, 1.82) is 0 Å². The van der Waals surface area contributed by atoms with E-state index < -0.39 is 0 Å². The number of anilines is 1. The molecule has 112 valence electrons. The molecule has 1 aliphatic rings. The number of carbonyl (C=O) groups excluding carboxylic acids is 1. The van der Waals surface area contributed by atoms with Crippen LogP contribution in [0.15, 0.2) is 28.9 Å². The molecule has 0 saturated carbocycles. The highest BCUT2D eigenvalue weighted by Gasteiger charge is 2.24. The molecule has 0 aliphatic carbocycles. The highest BCUT2D eigenvalue weighted by molar-refractivity contribution is 5.91. The van der Waals surface area contributed by atoms with Gasteiger partial charge < -0.3 is 19.0 Å². The third-order valence-corrected chi connectivity index (χ3v) is 3.66. The molecule has 1 aromatic carbocycles. The van der Waals surface area contributed by atoms with Gasteiger partial charge in [0, 0.05) is 31.6 Å². The van der Waals surface area contributed by atoms with Crippen LogP contribution in [-0.2, 0) is 4.74 Å². The van der Waals surface area contributed by atoms with E-state index in [2.05, 4.69) is 4.90 Å². The Bertz CT molecular complexity index is 647. The second-order valence-corrected chi connectivity index (χ2v) is 4.93. The van der Waals surface area contributed by atoms with Crippen molar-refractivity contribution >= 4 is 22.7 Å². The second-order valence-electron chi connectivity index (χ2n) is 4.93. The molecule has 0 radical (unpaired) electrons. The van der Waals surface area contributed by atoms with E-state index in [1.54, 1.807) is 24.2 Å². The number of ether oxygens (including phenoxy) is 1. The van der Waals surface area contributed by atoms with Crippen LogP contribution >= 0.6 is 0 Å². The summed E-state index contributed by atoms with van der Waals surface area (Å²) in [7, 11) is 0. The number of rotatable bonds is 2. The van der Waals surface area contributed by atoms with Crippen molar-refractivity contribution in [2.24, 2.45) is 0 Å². The molecule has 0 atom stereocenters. The van der Waals surface area contributed by atoms with Gasteiger partial charge in [-0.25, -0.2) is 9.18 Å². The van der Waals surface area contributed by atoms with Crippen LogP contribution in [0.25, 0.3) is 11.0 Å². The van der Waals surface area contributed by atoms with Crippen molar-refractivity contribution in [1.82, 2.24) is 4.90 Å². The van der Waals surface area contributed by atoms with Gasteiger partial charge in [-0.05, 0) is 25.1 Å². The number of furan rings is 1. The smallest absolute Gasteiger partial charge is 0.409 e. The lowest BCUT2D eigenvalue weighted by atomic mass is 10.2. The number of amides is 1. The zero-order chi connectivity index (χ0) is 14.8. The minimum Gasteiger partial charge on any atom is -0.462 e. The minimum atomic E-state index is -0.282. The lowest BCUT2D eigenvalue weighted by molar-refractivity contribution is 0.105. The van der Waals surface area contributed by atoms with E-state index in [1.165, 1.54) is 12.1 Å². The van der Waals surface area contributed by atoms with E-state index in [1.807, 2.05) is 0 Å². The molecule has 3 rings (SSSR count). The Morgan fingerprint density at radius 1 is 1.33 bits per heavy atom. The first-order valence-electron chi connectivity index (χ1n) is 7.02. The molecule has 2 aromatic rings. The summed E-state index contributed by atoms with van der Waals surface area (Å²) in [5.74, 6) is -0.282. The monoisotopic (exact) mass is 292 g/mol. The van der Waals surface area contributed by atoms with E-state index in [-0.39, 0.29) is 11.9 Å². The quantitative estimate of drug-likeness (QED) is 0.854. The van der Waals surface area contributed by atoms with Crippen LogP contribution in [0.4, 0.5) is 14.9 Å². The summed E-state index contributed by atoms with van der Waals surface area (Å²) >= 11 is 0. The van der Waals surface area contributed by atoms with Crippen molar-refractivity contribution in [2.75, 3.05) is 37.7 Å². The average Bonchev–Trinajstić information content (AvgIpc) is 2.90. The molecular weight excluding hydrogens is 275 g/mol. The number of nitrogens with zero attached hydrogens (tertiary/aromatic N) is 2. The number of fused-ring (bicyclic) bond motifs is 1. The van der Waals surface area contributed by atoms with Gasteiger partial charge in [0.05, 0.1) is 12.3 Å². The van der Waals surface area contributed by atoms with Crippen LogP contribution in [0, 0.1) is 5.82 Å². The van der Waals surface area contributed by atoms with Gasteiger partial charge in [-0.3, -0.25) is 0 Å². The maximum Gasteiger partial charge on any atom is 0.409 e. The highest BCUT2D eigenvalue weighted by Crippen LogP contribution is 2.30. The van der Waals surface area contributed by atoms with Crippen molar-refractivity contribution in [3.05, 3.63) is 30.3 Å². The van der Waals surface area contributed by atoms with Gasteiger partial charge in [-0.15, -0.1) is 0 Å². The van der Waals surface area contributed by atoms with Crippen molar-refractivity contribution in [3.63, 3.8) is 0 Å². The van der Waals surface area contributed by atoms with Gasteiger partial charge in [0.2, 0.25) is 0 Å². The number of hydrogen-bond donors (Lipinski definition) is 0. The fraction of sp³-hybridized carbons (Fsp3) is 0.400. The Labute approximate surface area is 121 Å². The Morgan fingerprint density at radius 3 is 2.81 bits per heavy atom. The summed E-state index contributed by atoms with van der Waals surface area (Å²) in [5.41, 5.74) is 1.53. The number of carbonyl (C=O) groups is 1. The molecule has 5 nitrogen and oxygen atoms in total. The highest BCUT2D eigenvalue weighted by atomic mass is 19.1. The van der Waals surface area contributed by atoms with Crippen LogP contribution in [-0.4, -0.2) is 43.8 Å². The largest absolute Gasteiger partial charge is 0.462 e. The van der Waals surface area contributed by atoms with Gasteiger partial charge in [0.1, 0.15) is 17.7 Å². The molecule has 0 unspecified atom stereocenters. The zero-order valence-electron chi connectivity index (χ0n) is 11.8. The van der Waals surface area contributed by atoms with Crippen LogP contribution in [0.2, 0.25) is 0 Å². The van der Waals surface area contributed by atoms with Gasteiger partial charge in [-0.1, -0.05) is 0 Å². The van der Waals surface area contributed by atoms with Crippen LogP contribution in [0.5, 0.6) is 0 Å². The first-order chi connectivity index (χ1) is 10.2. The summed E-state index contributed by atoms with van der Waals surface area (Å²) in [4.78, 5) is 15.4. The summed E-state index contributed by atoms with van der Waals surface area (Å²) in [6.45, 7) is 4.68. The summed E-state index contributed by atoms with van der Waals surface area (Å²) in [5, 5.41) is 0.764. The molecule has 0 spiro atoms. The molecule has 21 heavy (non-hydrogen) atoms. The predicted molar refractivity (Wildman–Crippen MR) is 77.0 cm³/mol. The second kappa shape index (κ2) is 5.63.